The summed E-state index contributed by atoms with van der Waals surface area (Å²) in [4.78, 5) is 11.8. The summed E-state index contributed by atoms with van der Waals surface area (Å²) in [5.41, 5.74) is -0.735. The fourth-order valence-corrected chi connectivity index (χ4v) is 1.50. The molecule has 0 radical (unpaired) electrons. The fourth-order valence-electron chi connectivity index (χ4n) is 1.29. The lowest BCUT2D eigenvalue weighted by Gasteiger charge is -2.25. The summed E-state index contributed by atoms with van der Waals surface area (Å²) in [6.07, 6.45) is -0.811. The number of aliphatic hydroxyl groups excluding tert-OH is 1. The summed E-state index contributed by atoms with van der Waals surface area (Å²) in [5.74, 6) is -0.636. The van der Waals surface area contributed by atoms with E-state index in [4.69, 9.17) is 21.4 Å². The molecule has 1 unspecified atom stereocenters. The lowest BCUT2D eigenvalue weighted by atomic mass is 10.1. The summed E-state index contributed by atoms with van der Waals surface area (Å²) in [6.45, 7) is 4.72. The molecule has 19 heavy (non-hydrogen) atoms. The molecule has 0 spiro atoms. The molecule has 0 aliphatic carbocycles. The maximum absolute atomic E-state index is 12.9. The van der Waals surface area contributed by atoms with Crippen molar-refractivity contribution in [1.29, 1.82) is 0 Å². The monoisotopic (exact) mass is 289 g/mol. The van der Waals surface area contributed by atoms with Crippen LogP contribution in [0.2, 0.25) is 5.02 Å². The minimum absolute atomic E-state index is 0.0982. The fraction of sp³-hybridized carbons (Fsp3) is 0.462. The third-order valence-electron chi connectivity index (χ3n) is 2.42. The van der Waals surface area contributed by atoms with Crippen molar-refractivity contribution in [2.45, 2.75) is 32.4 Å². The highest BCUT2D eigenvalue weighted by Crippen LogP contribution is 2.25. The lowest BCUT2D eigenvalue weighted by Crippen LogP contribution is -2.50. The van der Waals surface area contributed by atoms with Crippen molar-refractivity contribution < 1.29 is 19.0 Å². The van der Waals surface area contributed by atoms with Crippen molar-refractivity contribution in [1.82, 2.24) is 5.32 Å². The average molecular weight is 290 g/mol. The average Bonchev–Trinajstić information content (AvgIpc) is 2.32. The van der Waals surface area contributed by atoms with Crippen LogP contribution in [-0.2, 0) is 4.79 Å². The van der Waals surface area contributed by atoms with Gasteiger partial charge < -0.3 is 15.2 Å². The molecule has 1 amide bonds. The number of ether oxygens (including phenoxy) is 1. The summed E-state index contributed by atoms with van der Waals surface area (Å²) < 4.78 is 18.2. The zero-order valence-electron chi connectivity index (χ0n) is 11.0. The Kier molecular flexibility index (Phi) is 5.14. The normalized spacial score (nSPS) is 12.9. The van der Waals surface area contributed by atoms with Crippen LogP contribution in [0.1, 0.15) is 20.8 Å². The van der Waals surface area contributed by atoms with Crippen LogP contribution in [-0.4, -0.2) is 29.3 Å². The smallest absolute Gasteiger partial charge is 0.261 e. The van der Waals surface area contributed by atoms with Crippen LogP contribution in [0.15, 0.2) is 18.2 Å². The topological polar surface area (TPSA) is 58.6 Å². The van der Waals surface area contributed by atoms with Crippen LogP contribution in [0, 0.1) is 5.82 Å². The number of rotatable bonds is 5. The van der Waals surface area contributed by atoms with Gasteiger partial charge in [0.1, 0.15) is 11.6 Å². The Hall–Kier alpha value is -1.33. The number of carbonyl (C=O) groups excluding carboxylic acids is 1. The van der Waals surface area contributed by atoms with Gasteiger partial charge in [-0.05, 0) is 39.0 Å². The molecular formula is C13H17ClFNO3. The van der Waals surface area contributed by atoms with E-state index in [1.807, 2.05) is 0 Å². The van der Waals surface area contributed by atoms with Crippen molar-refractivity contribution in [3.8, 4) is 5.75 Å². The van der Waals surface area contributed by atoms with Gasteiger partial charge in [0.25, 0.3) is 5.91 Å². The van der Waals surface area contributed by atoms with Gasteiger partial charge in [0.2, 0.25) is 0 Å². The molecule has 0 fully saturated rings. The van der Waals surface area contributed by atoms with Crippen molar-refractivity contribution in [2.75, 3.05) is 6.61 Å². The predicted molar refractivity (Wildman–Crippen MR) is 70.8 cm³/mol. The molecule has 0 aromatic heterocycles. The number of aliphatic hydroxyl groups is 1. The number of halogens is 2. The third-order valence-corrected chi connectivity index (χ3v) is 2.72. The van der Waals surface area contributed by atoms with Gasteiger partial charge in [-0.25, -0.2) is 4.39 Å². The second-order valence-electron chi connectivity index (χ2n) is 4.87. The van der Waals surface area contributed by atoms with Crippen molar-refractivity contribution in [3.05, 3.63) is 29.0 Å². The Balaban J connectivity index is 2.69. The Morgan fingerprint density at radius 1 is 1.58 bits per heavy atom. The second kappa shape index (κ2) is 6.21. The highest BCUT2D eigenvalue weighted by molar-refractivity contribution is 6.32. The van der Waals surface area contributed by atoms with Crippen molar-refractivity contribution in [3.63, 3.8) is 0 Å². The largest absolute Gasteiger partial charge is 0.479 e. The molecule has 0 saturated carbocycles. The summed E-state index contributed by atoms with van der Waals surface area (Å²) >= 11 is 5.80. The van der Waals surface area contributed by atoms with Crippen LogP contribution in [0.3, 0.4) is 0 Å². The van der Waals surface area contributed by atoms with Gasteiger partial charge in [-0.2, -0.15) is 0 Å². The standard InChI is InChI=1S/C13H17ClFNO3/c1-8(12(18)16-13(2,3)7-17)19-11-5-4-9(15)6-10(11)14/h4-6,8,17H,7H2,1-3H3,(H,16,18). The first-order valence-corrected chi connectivity index (χ1v) is 6.17. The molecule has 6 heteroatoms. The van der Waals surface area contributed by atoms with E-state index in [1.165, 1.54) is 12.1 Å². The number of amides is 1. The molecule has 106 valence electrons. The zero-order chi connectivity index (χ0) is 14.6. The number of benzene rings is 1. The Labute approximate surface area is 116 Å². The first-order valence-electron chi connectivity index (χ1n) is 5.80. The number of carbonyl (C=O) groups is 1. The van der Waals surface area contributed by atoms with E-state index in [0.29, 0.717) is 0 Å². The highest BCUT2D eigenvalue weighted by atomic mass is 35.5. The third kappa shape index (κ3) is 4.69. The summed E-state index contributed by atoms with van der Waals surface area (Å²) in [5, 5.41) is 11.8. The van der Waals surface area contributed by atoms with Gasteiger partial charge >= 0.3 is 0 Å². The summed E-state index contributed by atoms with van der Waals surface area (Å²) in [6, 6.07) is 3.67. The highest BCUT2D eigenvalue weighted by Gasteiger charge is 2.24. The number of hydrogen-bond donors (Lipinski definition) is 2. The predicted octanol–water partition coefficient (Wildman–Crippen LogP) is 2.13. The van der Waals surface area contributed by atoms with E-state index >= 15 is 0 Å². The molecule has 0 saturated heterocycles. The van der Waals surface area contributed by atoms with Gasteiger partial charge in [-0.15, -0.1) is 0 Å². The molecule has 0 heterocycles. The Morgan fingerprint density at radius 2 is 2.21 bits per heavy atom. The summed E-state index contributed by atoms with van der Waals surface area (Å²) in [7, 11) is 0. The molecule has 1 atom stereocenters. The van der Waals surface area contributed by atoms with Crippen molar-refractivity contribution in [2.24, 2.45) is 0 Å². The lowest BCUT2D eigenvalue weighted by molar-refractivity contribution is -0.129. The first kappa shape index (κ1) is 15.7. The molecule has 1 aromatic carbocycles. The minimum atomic E-state index is -0.811. The molecule has 0 aliphatic heterocycles. The number of hydrogen-bond acceptors (Lipinski definition) is 3. The van der Waals surface area contributed by atoms with Crippen LogP contribution >= 0.6 is 11.6 Å². The van der Waals surface area contributed by atoms with E-state index in [0.717, 1.165) is 6.07 Å². The van der Waals surface area contributed by atoms with E-state index < -0.39 is 17.5 Å². The Bertz CT molecular complexity index is 465. The molecule has 0 aliphatic rings. The maximum atomic E-state index is 12.9. The minimum Gasteiger partial charge on any atom is -0.479 e. The quantitative estimate of drug-likeness (QED) is 0.873. The molecule has 1 aromatic rings. The Morgan fingerprint density at radius 3 is 2.74 bits per heavy atom. The van der Waals surface area contributed by atoms with Crippen molar-refractivity contribution >= 4 is 17.5 Å². The number of nitrogens with one attached hydrogen (secondary N) is 1. The van der Waals surface area contributed by atoms with Crippen LogP contribution in [0.4, 0.5) is 4.39 Å². The maximum Gasteiger partial charge on any atom is 0.261 e. The van der Waals surface area contributed by atoms with Gasteiger partial charge in [-0.3, -0.25) is 4.79 Å². The van der Waals surface area contributed by atoms with E-state index in [9.17, 15) is 9.18 Å². The zero-order valence-corrected chi connectivity index (χ0v) is 11.8. The molecule has 1 rings (SSSR count). The molecular weight excluding hydrogens is 273 g/mol. The first-order chi connectivity index (χ1) is 8.75. The molecule has 0 bridgehead atoms. The second-order valence-corrected chi connectivity index (χ2v) is 5.27. The molecule has 2 N–H and O–H groups in total. The van der Waals surface area contributed by atoms with E-state index in [2.05, 4.69) is 5.32 Å². The molecule has 4 nitrogen and oxygen atoms in total. The van der Waals surface area contributed by atoms with E-state index in [-0.39, 0.29) is 23.3 Å². The van der Waals surface area contributed by atoms with Gasteiger partial charge in [-0.1, -0.05) is 11.6 Å². The van der Waals surface area contributed by atoms with Gasteiger partial charge in [0.15, 0.2) is 6.10 Å². The van der Waals surface area contributed by atoms with Gasteiger partial charge in [0.05, 0.1) is 17.2 Å². The van der Waals surface area contributed by atoms with Crippen LogP contribution in [0.25, 0.3) is 0 Å². The van der Waals surface area contributed by atoms with Gasteiger partial charge in [0, 0.05) is 0 Å². The van der Waals surface area contributed by atoms with Crippen LogP contribution in [0.5, 0.6) is 5.75 Å². The SMILES string of the molecule is CC(Oc1ccc(F)cc1Cl)C(=O)NC(C)(C)CO. The van der Waals surface area contributed by atoms with Crippen LogP contribution < -0.4 is 10.1 Å². The van der Waals surface area contributed by atoms with E-state index in [1.54, 1.807) is 20.8 Å².